The Labute approximate surface area is 179 Å². The summed E-state index contributed by atoms with van der Waals surface area (Å²) in [5.41, 5.74) is 1.26. The molecule has 0 aliphatic rings. The summed E-state index contributed by atoms with van der Waals surface area (Å²) in [5, 5.41) is 0.944. The minimum Gasteiger partial charge on any atom is -0.493 e. The Kier molecular flexibility index (Phi) is 6.95. The molecule has 0 saturated heterocycles. The van der Waals surface area contributed by atoms with Crippen molar-refractivity contribution in [3.05, 3.63) is 63.2 Å². The third-order valence-electron chi connectivity index (χ3n) is 4.57. The fraction of sp³-hybridized carbons (Fsp3) is 0.318. The van der Waals surface area contributed by atoms with Crippen LogP contribution in [0.15, 0.2) is 41.2 Å². The molecule has 0 saturated carbocycles. The summed E-state index contributed by atoms with van der Waals surface area (Å²) in [5.74, 6) is 1.25. The van der Waals surface area contributed by atoms with Crippen LogP contribution < -0.4 is 15.0 Å². The lowest BCUT2D eigenvalue weighted by Gasteiger charge is -2.22. The number of ether oxygens (including phenoxy) is 2. The highest BCUT2D eigenvalue weighted by molar-refractivity contribution is 6.31. The van der Waals surface area contributed by atoms with Gasteiger partial charge in [0.2, 0.25) is 0 Å². The van der Waals surface area contributed by atoms with Gasteiger partial charge in [-0.2, -0.15) is 0 Å². The Morgan fingerprint density at radius 1 is 1.20 bits per heavy atom. The van der Waals surface area contributed by atoms with Crippen LogP contribution in [0, 0.1) is 6.92 Å². The monoisotopic (exact) mass is 429 g/mol. The molecule has 0 radical (unpaired) electrons. The lowest BCUT2D eigenvalue weighted by atomic mass is 10.2. The van der Waals surface area contributed by atoms with Crippen molar-refractivity contribution in [2.45, 2.75) is 26.8 Å². The highest BCUT2D eigenvalue weighted by atomic mass is 35.5. The zero-order valence-electron chi connectivity index (χ0n) is 17.2. The van der Waals surface area contributed by atoms with Gasteiger partial charge in [-0.3, -0.25) is 9.59 Å². The smallest absolute Gasteiger partial charge is 0.260 e. The summed E-state index contributed by atoms with van der Waals surface area (Å²) in [6.45, 7) is 4.44. The van der Waals surface area contributed by atoms with E-state index in [1.807, 2.05) is 26.0 Å². The molecule has 0 fully saturated rings. The van der Waals surface area contributed by atoms with Crippen LogP contribution >= 0.6 is 11.6 Å². The van der Waals surface area contributed by atoms with Gasteiger partial charge in [0.05, 0.1) is 24.6 Å². The van der Waals surface area contributed by atoms with E-state index in [-0.39, 0.29) is 24.6 Å². The Morgan fingerprint density at radius 2 is 2.00 bits per heavy atom. The largest absolute Gasteiger partial charge is 0.493 e. The van der Waals surface area contributed by atoms with Crippen LogP contribution in [0.25, 0.3) is 10.9 Å². The average molecular weight is 430 g/mol. The van der Waals surface area contributed by atoms with Gasteiger partial charge in [0.1, 0.15) is 5.82 Å². The molecule has 3 aromatic rings. The predicted molar refractivity (Wildman–Crippen MR) is 116 cm³/mol. The van der Waals surface area contributed by atoms with E-state index in [0.29, 0.717) is 39.8 Å². The van der Waals surface area contributed by atoms with E-state index in [1.54, 1.807) is 36.3 Å². The van der Waals surface area contributed by atoms with E-state index >= 15 is 0 Å². The highest BCUT2D eigenvalue weighted by Gasteiger charge is 2.17. The molecule has 0 aliphatic carbocycles. The van der Waals surface area contributed by atoms with Gasteiger partial charge >= 0.3 is 0 Å². The fourth-order valence-corrected chi connectivity index (χ4v) is 3.27. The summed E-state index contributed by atoms with van der Waals surface area (Å²) >= 11 is 6.02. The molecule has 1 N–H and O–H groups in total. The number of amides is 1. The maximum atomic E-state index is 12.8. The van der Waals surface area contributed by atoms with Crippen molar-refractivity contribution in [3.8, 4) is 11.5 Å². The van der Waals surface area contributed by atoms with E-state index < -0.39 is 0 Å². The van der Waals surface area contributed by atoms with E-state index in [9.17, 15) is 9.59 Å². The number of aromatic amines is 1. The normalized spacial score (nSPS) is 10.8. The van der Waals surface area contributed by atoms with Crippen molar-refractivity contribution in [1.82, 2.24) is 14.9 Å². The summed E-state index contributed by atoms with van der Waals surface area (Å²) in [7, 11) is 1.56. The molecule has 158 valence electrons. The SMILES string of the molecule is CCCN(Cc1nc2cc(Cl)ccc2c(=O)[nH]1)C(=O)COc1ccc(C)cc1OC. The molecule has 0 unspecified atom stereocenters. The molecule has 3 rings (SSSR count). The quantitative estimate of drug-likeness (QED) is 0.590. The minimum absolute atomic E-state index is 0.150. The summed E-state index contributed by atoms with van der Waals surface area (Å²) in [6.07, 6.45) is 0.753. The van der Waals surface area contributed by atoms with Crippen LogP contribution in [0.1, 0.15) is 24.7 Å². The molecule has 8 heteroatoms. The maximum Gasteiger partial charge on any atom is 0.260 e. The van der Waals surface area contributed by atoms with Crippen molar-refractivity contribution in [1.29, 1.82) is 0 Å². The van der Waals surface area contributed by atoms with Crippen molar-refractivity contribution in [2.75, 3.05) is 20.3 Å². The topological polar surface area (TPSA) is 84.5 Å². The van der Waals surface area contributed by atoms with E-state index in [0.717, 1.165) is 12.0 Å². The molecule has 1 aromatic heterocycles. The number of carbonyl (C=O) groups is 1. The van der Waals surface area contributed by atoms with Gasteiger partial charge in [0.15, 0.2) is 18.1 Å². The molecule has 30 heavy (non-hydrogen) atoms. The second-order valence-corrected chi connectivity index (χ2v) is 7.37. The average Bonchev–Trinajstić information content (AvgIpc) is 2.71. The fourth-order valence-electron chi connectivity index (χ4n) is 3.10. The molecule has 1 heterocycles. The van der Waals surface area contributed by atoms with Crippen LogP contribution in [0.5, 0.6) is 11.5 Å². The van der Waals surface area contributed by atoms with Crippen molar-refractivity contribution >= 4 is 28.4 Å². The number of fused-ring (bicyclic) bond motifs is 1. The van der Waals surface area contributed by atoms with Crippen molar-refractivity contribution < 1.29 is 14.3 Å². The Morgan fingerprint density at radius 3 is 2.73 bits per heavy atom. The molecule has 0 bridgehead atoms. The molecule has 1 amide bonds. The van der Waals surface area contributed by atoms with Gasteiger partial charge in [0, 0.05) is 11.6 Å². The van der Waals surface area contributed by atoms with Gasteiger partial charge < -0.3 is 19.4 Å². The lowest BCUT2D eigenvalue weighted by Crippen LogP contribution is -2.36. The third-order valence-corrected chi connectivity index (χ3v) is 4.81. The van der Waals surface area contributed by atoms with Gasteiger partial charge in [0.25, 0.3) is 11.5 Å². The summed E-state index contributed by atoms with van der Waals surface area (Å²) < 4.78 is 11.0. The van der Waals surface area contributed by atoms with Gasteiger partial charge in [-0.1, -0.05) is 24.6 Å². The zero-order valence-corrected chi connectivity index (χ0v) is 18.0. The number of benzene rings is 2. The van der Waals surface area contributed by atoms with Crippen molar-refractivity contribution in [2.24, 2.45) is 0 Å². The predicted octanol–water partition coefficient (Wildman–Crippen LogP) is 3.71. The second-order valence-electron chi connectivity index (χ2n) is 6.93. The minimum atomic E-state index is -0.267. The zero-order chi connectivity index (χ0) is 21.7. The number of nitrogens with zero attached hydrogens (tertiary/aromatic N) is 2. The number of carbonyl (C=O) groups excluding carboxylic acids is 1. The summed E-state index contributed by atoms with van der Waals surface area (Å²) in [6, 6.07) is 10.4. The molecule has 0 spiro atoms. The Bertz CT molecular complexity index is 1110. The third kappa shape index (κ3) is 5.10. The standard InChI is InChI=1S/C22H24ClN3O4/c1-4-9-26(21(27)13-30-18-8-5-14(2)10-19(18)29-3)12-20-24-17-11-15(23)6-7-16(17)22(28)25-20/h5-8,10-11H,4,9,12-13H2,1-3H3,(H,24,25,28). The van der Waals surface area contributed by atoms with Crippen LogP contribution in [0.3, 0.4) is 0 Å². The molecular formula is C22H24ClN3O4. The molecule has 7 nitrogen and oxygen atoms in total. The highest BCUT2D eigenvalue weighted by Crippen LogP contribution is 2.27. The van der Waals surface area contributed by atoms with Crippen LogP contribution in [-0.4, -0.2) is 41.0 Å². The number of aryl methyl sites for hydroxylation is 1. The number of aromatic nitrogens is 2. The summed E-state index contributed by atoms with van der Waals surface area (Å²) in [4.78, 5) is 34.0. The van der Waals surface area contributed by atoms with Crippen molar-refractivity contribution in [3.63, 3.8) is 0 Å². The van der Waals surface area contributed by atoms with E-state index in [1.165, 1.54) is 0 Å². The van der Waals surface area contributed by atoms with Gasteiger partial charge in [-0.15, -0.1) is 0 Å². The van der Waals surface area contributed by atoms with Crippen LogP contribution in [0.2, 0.25) is 5.02 Å². The molecular weight excluding hydrogens is 406 g/mol. The molecule has 0 aliphatic heterocycles. The first-order valence-corrected chi connectivity index (χ1v) is 10.0. The first kappa shape index (κ1) is 21.6. The lowest BCUT2D eigenvalue weighted by molar-refractivity contribution is -0.134. The molecule has 2 aromatic carbocycles. The molecule has 0 atom stereocenters. The maximum absolute atomic E-state index is 12.8. The second kappa shape index (κ2) is 9.63. The van der Waals surface area contributed by atoms with E-state index in [2.05, 4.69) is 9.97 Å². The van der Waals surface area contributed by atoms with E-state index in [4.69, 9.17) is 21.1 Å². The first-order chi connectivity index (χ1) is 14.4. The Hall–Kier alpha value is -3.06. The van der Waals surface area contributed by atoms with Crippen LogP contribution in [0.4, 0.5) is 0 Å². The van der Waals surface area contributed by atoms with Crippen LogP contribution in [-0.2, 0) is 11.3 Å². The Balaban J connectivity index is 1.76. The number of hydrogen-bond acceptors (Lipinski definition) is 5. The number of nitrogens with one attached hydrogen (secondary N) is 1. The van der Waals surface area contributed by atoms with Gasteiger partial charge in [-0.25, -0.2) is 4.98 Å². The number of halogens is 1. The number of methoxy groups -OCH3 is 1. The number of rotatable bonds is 8. The number of H-pyrrole nitrogens is 1. The number of hydrogen-bond donors (Lipinski definition) is 1. The first-order valence-electron chi connectivity index (χ1n) is 9.65. The van der Waals surface area contributed by atoms with Gasteiger partial charge in [-0.05, 0) is 49.2 Å².